The molecule has 340 valence electrons. The largest absolute Gasteiger partial charge is 0.756 e. The molecule has 0 aromatic heterocycles. The van der Waals surface area contributed by atoms with Crippen LogP contribution in [0.3, 0.4) is 0 Å². The Hall–Kier alpha value is 0.330. The van der Waals surface area contributed by atoms with Crippen LogP contribution in [0.5, 0.6) is 0 Å². The first-order valence-electron chi connectivity index (χ1n) is 22.8. The number of phosphoric ester groups is 3. The third kappa shape index (κ3) is 52.3. The van der Waals surface area contributed by atoms with Crippen LogP contribution in [0, 0.1) is 0 Å². The number of unbranched alkanes of at least 4 members (excludes halogenated alkanes) is 29. The summed E-state index contributed by atoms with van der Waals surface area (Å²) in [6.45, 7) is 7.18. The van der Waals surface area contributed by atoms with E-state index in [4.69, 9.17) is 27.9 Å². The molecule has 0 saturated carbocycles. The monoisotopic (exact) mass is 865 g/mol. The normalized spacial score (nSPS) is 14.0. The highest BCUT2D eigenvalue weighted by Gasteiger charge is 2.13. The van der Waals surface area contributed by atoms with Gasteiger partial charge in [-0.3, -0.25) is 13.7 Å². The standard InChI is InChI=1S/C29H62O8P2.C12H27O4P/c1-3-5-7-9-11-13-15-17-19-22-26-34-38(30,31)36-28-24-21-25-29-37-39(32,33)35-27-23-20-18-16-14-12-10-8-6-4-2;1-2-3-4-5-6-7-8-9-10-11-12-16-17(13,14)15/h3-29H2,1-2H3,(H,30,31)(H,32,33);2-12H2,1H3,(H2,13,14,15)/p-2. The molecular weight excluding hydrogens is 777 g/mol. The summed E-state index contributed by atoms with van der Waals surface area (Å²) in [7, 11) is -12.8. The lowest BCUT2D eigenvalue weighted by Gasteiger charge is -2.23. The molecule has 0 amide bonds. The summed E-state index contributed by atoms with van der Waals surface area (Å²) < 4.78 is 58.0. The first-order chi connectivity index (χ1) is 26.9. The van der Waals surface area contributed by atoms with E-state index in [0.717, 1.165) is 44.9 Å². The predicted molar refractivity (Wildman–Crippen MR) is 226 cm³/mol. The van der Waals surface area contributed by atoms with Gasteiger partial charge in [-0.05, 0) is 38.5 Å². The quantitative estimate of drug-likeness (QED) is 0.0437. The maximum absolute atomic E-state index is 11.8. The van der Waals surface area contributed by atoms with Gasteiger partial charge in [0.15, 0.2) is 0 Å². The predicted octanol–water partition coefficient (Wildman–Crippen LogP) is 13.0. The van der Waals surface area contributed by atoms with Gasteiger partial charge < -0.3 is 37.7 Å². The Labute approximate surface area is 344 Å². The molecule has 2 atom stereocenters. The van der Waals surface area contributed by atoms with E-state index < -0.39 is 23.5 Å². The topological polar surface area (TPSA) is 184 Å². The molecule has 0 aliphatic carbocycles. The summed E-state index contributed by atoms with van der Waals surface area (Å²) >= 11 is 0. The smallest absolute Gasteiger partial charge is 0.469 e. The van der Waals surface area contributed by atoms with Gasteiger partial charge in [0, 0.05) is 0 Å². The van der Waals surface area contributed by atoms with Crippen molar-refractivity contribution in [1.29, 1.82) is 0 Å². The van der Waals surface area contributed by atoms with E-state index in [1.54, 1.807) is 0 Å². The third-order valence-corrected chi connectivity index (χ3v) is 12.1. The lowest BCUT2D eigenvalue weighted by Crippen LogP contribution is -2.11. The molecule has 0 aliphatic heterocycles. The minimum Gasteiger partial charge on any atom is -0.756 e. The molecule has 12 nitrogen and oxygen atoms in total. The first-order valence-corrected chi connectivity index (χ1v) is 27.2. The van der Waals surface area contributed by atoms with Gasteiger partial charge >= 0.3 is 7.82 Å². The van der Waals surface area contributed by atoms with Crippen molar-refractivity contribution in [2.45, 2.75) is 233 Å². The second kappa shape index (κ2) is 43.4. The highest BCUT2D eigenvalue weighted by atomic mass is 31.2. The molecule has 0 aliphatic rings. The van der Waals surface area contributed by atoms with Crippen LogP contribution in [0.1, 0.15) is 233 Å². The average molecular weight is 865 g/mol. The van der Waals surface area contributed by atoms with Gasteiger partial charge in [0.25, 0.3) is 15.6 Å². The fourth-order valence-corrected chi connectivity index (χ4v) is 8.04. The van der Waals surface area contributed by atoms with E-state index >= 15 is 0 Å². The summed E-state index contributed by atoms with van der Waals surface area (Å²) in [5.74, 6) is 0. The van der Waals surface area contributed by atoms with Crippen LogP contribution in [0.4, 0.5) is 0 Å². The zero-order chi connectivity index (χ0) is 41.9. The Balaban J connectivity index is 0. The van der Waals surface area contributed by atoms with Crippen molar-refractivity contribution in [1.82, 2.24) is 0 Å². The fraction of sp³-hybridized carbons (Fsp3) is 1.00. The van der Waals surface area contributed by atoms with Crippen molar-refractivity contribution in [3.05, 3.63) is 0 Å². The number of phosphoric acid groups is 3. The minimum absolute atomic E-state index is 0.0169. The summed E-state index contributed by atoms with van der Waals surface area (Å²) in [5, 5.41) is 0. The number of rotatable bonds is 44. The molecule has 2 N–H and O–H groups in total. The van der Waals surface area contributed by atoms with Gasteiger partial charge in [0.1, 0.15) is 0 Å². The Morgan fingerprint density at radius 1 is 0.304 bits per heavy atom. The van der Waals surface area contributed by atoms with Crippen LogP contribution >= 0.6 is 23.5 Å². The molecule has 0 rings (SSSR count). The van der Waals surface area contributed by atoms with Crippen molar-refractivity contribution in [3.8, 4) is 0 Å². The first kappa shape index (κ1) is 58.4. The average Bonchev–Trinajstić information content (AvgIpc) is 3.14. The summed E-state index contributed by atoms with van der Waals surface area (Å²) in [6, 6.07) is 0. The summed E-state index contributed by atoms with van der Waals surface area (Å²) in [5.41, 5.74) is 0. The van der Waals surface area contributed by atoms with Crippen LogP contribution < -0.4 is 9.79 Å². The van der Waals surface area contributed by atoms with Gasteiger partial charge in [-0.25, -0.2) is 4.57 Å². The van der Waals surface area contributed by atoms with E-state index in [-0.39, 0.29) is 33.0 Å². The molecule has 0 radical (unpaired) electrons. The van der Waals surface area contributed by atoms with Gasteiger partial charge in [-0.15, -0.1) is 0 Å². The van der Waals surface area contributed by atoms with Crippen molar-refractivity contribution in [2.75, 3.05) is 33.0 Å². The van der Waals surface area contributed by atoms with Crippen LogP contribution in [0.25, 0.3) is 0 Å². The zero-order valence-corrected chi connectivity index (χ0v) is 38.9. The van der Waals surface area contributed by atoms with Gasteiger partial charge in [-0.2, -0.15) is 0 Å². The van der Waals surface area contributed by atoms with Gasteiger partial charge in [0.2, 0.25) is 0 Å². The second-order valence-electron chi connectivity index (χ2n) is 15.2. The molecule has 2 unspecified atom stereocenters. The van der Waals surface area contributed by atoms with E-state index in [1.165, 1.54) is 135 Å². The van der Waals surface area contributed by atoms with E-state index in [1.807, 2.05) is 0 Å². The van der Waals surface area contributed by atoms with Crippen molar-refractivity contribution in [2.24, 2.45) is 0 Å². The zero-order valence-electron chi connectivity index (χ0n) is 36.2. The van der Waals surface area contributed by atoms with E-state index in [2.05, 4.69) is 25.3 Å². The fourth-order valence-electron chi connectivity index (χ4n) is 6.11. The van der Waals surface area contributed by atoms with Crippen LogP contribution in [0.15, 0.2) is 0 Å². The van der Waals surface area contributed by atoms with Crippen molar-refractivity contribution < 1.29 is 55.9 Å². The Morgan fingerprint density at radius 2 is 0.464 bits per heavy atom. The van der Waals surface area contributed by atoms with Crippen LogP contribution in [0.2, 0.25) is 0 Å². The van der Waals surface area contributed by atoms with Crippen LogP contribution in [-0.2, 0) is 36.3 Å². The van der Waals surface area contributed by atoms with E-state index in [9.17, 15) is 23.5 Å². The number of hydrogen-bond donors (Lipinski definition) is 2. The lowest BCUT2D eigenvalue weighted by atomic mass is 10.1. The second-order valence-corrected chi connectivity index (χ2v) is 19.2. The molecule has 0 bridgehead atoms. The molecule has 15 heteroatoms. The summed E-state index contributed by atoms with van der Waals surface area (Å²) in [4.78, 5) is 40.5. The molecular formula is C41H87O12P3-2. The molecule has 0 heterocycles. The third-order valence-electron chi connectivity index (χ3n) is 9.54. The molecule has 0 aromatic carbocycles. The van der Waals surface area contributed by atoms with Crippen molar-refractivity contribution in [3.63, 3.8) is 0 Å². The van der Waals surface area contributed by atoms with Crippen LogP contribution in [-0.4, -0.2) is 42.8 Å². The number of hydrogen-bond acceptors (Lipinski definition) is 10. The maximum atomic E-state index is 11.8. The summed E-state index contributed by atoms with van der Waals surface area (Å²) in [6.07, 6.45) is 37.0. The van der Waals surface area contributed by atoms with Crippen molar-refractivity contribution >= 4 is 23.5 Å². The Morgan fingerprint density at radius 3 is 0.661 bits per heavy atom. The molecule has 0 saturated heterocycles. The Kier molecular flexibility index (Phi) is 45.3. The highest BCUT2D eigenvalue weighted by molar-refractivity contribution is 7.46. The SMILES string of the molecule is CCCCCCCCCCCCOP(=O)(O)O.CCCCCCCCCCCCOP(=O)([O-])OCCCCCOP(=O)([O-])OCCCCCCCCCCCC. The Bertz CT molecular complexity index is 887. The minimum atomic E-state index is -4.28. The molecule has 0 spiro atoms. The molecule has 0 aromatic rings. The van der Waals surface area contributed by atoms with Gasteiger partial charge in [-0.1, -0.05) is 194 Å². The molecule has 56 heavy (non-hydrogen) atoms. The lowest BCUT2D eigenvalue weighted by molar-refractivity contribution is -0.226. The molecule has 0 fully saturated rings. The highest BCUT2D eigenvalue weighted by Crippen LogP contribution is 2.40. The van der Waals surface area contributed by atoms with Gasteiger partial charge in [0.05, 0.1) is 33.0 Å². The van der Waals surface area contributed by atoms with E-state index in [0.29, 0.717) is 32.1 Å². The maximum Gasteiger partial charge on any atom is 0.469 e.